The first kappa shape index (κ1) is 14.0. The number of carboxylic acids is 1. The first-order valence-corrected chi connectivity index (χ1v) is 6.02. The third kappa shape index (κ3) is 3.43. The van der Waals surface area contributed by atoms with Gasteiger partial charge in [0.25, 0.3) is 0 Å². The Kier molecular flexibility index (Phi) is 4.14. The lowest BCUT2D eigenvalue weighted by atomic mass is 10.0. The molecule has 0 bridgehead atoms. The van der Waals surface area contributed by atoms with Gasteiger partial charge in [0, 0.05) is 11.6 Å². The monoisotopic (exact) mass is 242 g/mol. The summed E-state index contributed by atoms with van der Waals surface area (Å²) in [4.78, 5) is 24.9. The van der Waals surface area contributed by atoms with E-state index in [0.29, 0.717) is 6.54 Å². The molecular formula is C12H22N2O3. The minimum absolute atomic E-state index is 0.107. The van der Waals surface area contributed by atoms with Crippen LogP contribution in [0.25, 0.3) is 0 Å². The molecule has 17 heavy (non-hydrogen) atoms. The van der Waals surface area contributed by atoms with Crippen LogP contribution >= 0.6 is 0 Å². The van der Waals surface area contributed by atoms with E-state index in [4.69, 9.17) is 5.11 Å². The van der Waals surface area contributed by atoms with Gasteiger partial charge in [0.2, 0.25) is 5.91 Å². The minimum atomic E-state index is -0.945. The number of nitrogens with one attached hydrogen (secondary N) is 1. The Morgan fingerprint density at radius 1 is 1.53 bits per heavy atom. The summed E-state index contributed by atoms with van der Waals surface area (Å²) >= 11 is 0. The molecule has 0 radical (unpaired) electrons. The first-order valence-electron chi connectivity index (χ1n) is 6.02. The van der Waals surface area contributed by atoms with E-state index in [-0.39, 0.29) is 23.9 Å². The maximum atomic E-state index is 12.3. The van der Waals surface area contributed by atoms with Crippen molar-refractivity contribution in [2.24, 2.45) is 0 Å². The second-order valence-corrected chi connectivity index (χ2v) is 5.62. The van der Waals surface area contributed by atoms with Gasteiger partial charge >= 0.3 is 5.97 Å². The second-order valence-electron chi connectivity index (χ2n) is 5.62. The molecular weight excluding hydrogens is 220 g/mol. The van der Waals surface area contributed by atoms with Crippen molar-refractivity contribution >= 4 is 11.9 Å². The van der Waals surface area contributed by atoms with E-state index in [1.165, 1.54) is 0 Å². The van der Waals surface area contributed by atoms with E-state index in [1.54, 1.807) is 4.90 Å². The molecule has 2 N–H and O–H groups in total. The topological polar surface area (TPSA) is 69.6 Å². The highest BCUT2D eigenvalue weighted by Crippen LogP contribution is 2.22. The van der Waals surface area contributed by atoms with Gasteiger partial charge in [0.1, 0.15) is 0 Å². The molecule has 0 aromatic rings. The van der Waals surface area contributed by atoms with Crippen molar-refractivity contribution < 1.29 is 14.7 Å². The Labute approximate surface area is 102 Å². The van der Waals surface area contributed by atoms with Gasteiger partial charge in [-0.2, -0.15) is 0 Å². The van der Waals surface area contributed by atoms with Gasteiger partial charge in [-0.05, 0) is 40.7 Å². The van der Waals surface area contributed by atoms with E-state index < -0.39 is 12.0 Å². The molecule has 1 aliphatic rings. The fraction of sp³-hybridized carbons (Fsp3) is 0.833. The molecule has 1 fully saturated rings. The smallest absolute Gasteiger partial charge is 0.305 e. The number of aliphatic carboxylic acids is 1. The number of carbonyl (C=O) groups excluding carboxylic acids is 1. The quantitative estimate of drug-likeness (QED) is 0.753. The van der Waals surface area contributed by atoms with Gasteiger partial charge in [-0.1, -0.05) is 0 Å². The van der Waals surface area contributed by atoms with Crippen LogP contribution in [0.4, 0.5) is 0 Å². The van der Waals surface area contributed by atoms with Crippen LogP contribution in [0.2, 0.25) is 0 Å². The molecule has 0 aliphatic carbocycles. The van der Waals surface area contributed by atoms with Crippen LogP contribution in [0, 0.1) is 0 Å². The van der Waals surface area contributed by atoms with Gasteiger partial charge in [0.05, 0.1) is 12.5 Å². The van der Waals surface area contributed by atoms with E-state index in [2.05, 4.69) is 5.32 Å². The van der Waals surface area contributed by atoms with E-state index in [1.807, 2.05) is 27.7 Å². The van der Waals surface area contributed by atoms with E-state index >= 15 is 0 Å². The van der Waals surface area contributed by atoms with Gasteiger partial charge in [-0.15, -0.1) is 0 Å². The molecule has 5 heteroatoms. The Hall–Kier alpha value is -1.10. The molecule has 1 heterocycles. The minimum Gasteiger partial charge on any atom is -0.481 e. The van der Waals surface area contributed by atoms with Crippen LogP contribution in [-0.2, 0) is 9.59 Å². The van der Waals surface area contributed by atoms with Crippen molar-refractivity contribution in [2.45, 2.75) is 58.2 Å². The predicted molar refractivity (Wildman–Crippen MR) is 64.7 cm³/mol. The van der Waals surface area contributed by atoms with Crippen LogP contribution in [0.1, 0.15) is 40.5 Å². The Balaban J connectivity index is 2.92. The summed E-state index contributed by atoms with van der Waals surface area (Å²) in [5, 5.41) is 11.8. The van der Waals surface area contributed by atoms with Gasteiger partial charge in [-0.25, -0.2) is 0 Å². The average molecular weight is 242 g/mol. The molecule has 1 amide bonds. The summed E-state index contributed by atoms with van der Waals surface area (Å²) < 4.78 is 0. The maximum absolute atomic E-state index is 12.3. The summed E-state index contributed by atoms with van der Waals surface area (Å²) in [5.41, 5.74) is -0.278. The Morgan fingerprint density at radius 3 is 2.59 bits per heavy atom. The fourth-order valence-corrected chi connectivity index (χ4v) is 2.39. The lowest BCUT2D eigenvalue weighted by molar-refractivity contribution is -0.145. The van der Waals surface area contributed by atoms with E-state index in [9.17, 15) is 9.59 Å². The number of amides is 1. The largest absolute Gasteiger partial charge is 0.481 e. The van der Waals surface area contributed by atoms with Crippen molar-refractivity contribution in [1.82, 2.24) is 10.2 Å². The summed E-state index contributed by atoms with van der Waals surface area (Å²) in [6.07, 6.45) is 0.692. The van der Waals surface area contributed by atoms with Crippen molar-refractivity contribution in [2.75, 3.05) is 6.54 Å². The highest BCUT2D eigenvalue weighted by Gasteiger charge is 2.37. The molecule has 2 atom stereocenters. The Bertz CT molecular complexity index is 309. The number of carbonyl (C=O) groups is 2. The highest BCUT2D eigenvalue weighted by atomic mass is 16.4. The zero-order valence-electron chi connectivity index (χ0n) is 11.0. The SMILES string of the molecule is CC1CCNC(CC(=O)O)C(=O)N1C(C)(C)C. The number of nitrogens with zero attached hydrogens (tertiary/aromatic N) is 1. The molecule has 1 rings (SSSR count). The summed E-state index contributed by atoms with van der Waals surface area (Å²) in [7, 11) is 0. The molecule has 2 unspecified atom stereocenters. The zero-order chi connectivity index (χ0) is 13.2. The first-order chi connectivity index (χ1) is 7.73. The maximum Gasteiger partial charge on any atom is 0.305 e. The number of rotatable bonds is 2. The van der Waals surface area contributed by atoms with Crippen LogP contribution < -0.4 is 5.32 Å². The zero-order valence-corrected chi connectivity index (χ0v) is 11.0. The Morgan fingerprint density at radius 2 is 2.12 bits per heavy atom. The van der Waals surface area contributed by atoms with Crippen LogP contribution in [0.15, 0.2) is 0 Å². The summed E-state index contributed by atoms with van der Waals surface area (Å²) in [6, 6.07) is -0.467. The molecule has 5 nitrogen and oxygen atoms in total. The number of hydrogen-bond acceptors (Lipinski definition) is 3. The van der Waals surface area contributed by atoms with Crippen molar-refractivity contribution in [3.63, 3.8) is 0 Å². The van der Waals surface area contributed by atoms with Crippen molar-refractivity contribution in [3.05, 3.63) is 0 Å². The second kappa shape index (κ2) is 5.04. The summed E-state index contributed by atoms with van der Waals surface area (Å²) in [6.45, 7) is 8.62. The predicted octanol–water partition coefficient (Wildman–Crippen LogP) is 0.839. The lowest BCUT2D eigenvalue weighted by Crippen LogP contribution is -2.54. The molecule has 0 spiro atoms. The molecule has 98 valence electrons. The normalized spacial score (nSPS) is 26.8. The van der Waals surface area contributed by atoms with Crippen LogP contribution in [-0.4, -0.2) is 46.1 Å². The van der Waals surface area contributed by atoms with Crippen LogP contribution in [0.5, 0.6) is 0 Å². The number of hydrogen-bond donors (Lipinski definition) is 2. The lowest BCUT2D eigenvalue weighted by Gasteiger charge is -2.40. The highest BCUT2D eigenvalue weighted by molar-refractivity contribution is 5.87. The third-order valence-electron chi connectivity index (χ3n) is 3.03. The molecule has 0 saturated carbocycles. The van der Waals surface area contributed by atoms with Gasteiger partial charge in [0.15, 0.2) is 0 Å². The third-order valence-corrected chi connectivity index (χ3v) is 3.03. The van der Waals surface area contributed by atoms with Gasteiger partial charge < -0.3 is 15.3 Å². The van der Waals surface area contributed by atoms with E-state index in [0.717, 1.165) is 6.42 Å². The molecule has 0 aromatic carbocycles. The molecule has 1 aliphatic heterocycles. The molecule has 0 aromatic heterocycles. The van der Waals surface area contributed by atoms with Crippen molar-refractivity contribution in [1.29, 1.82) is 0 Å². The van der Waals surface area contributed by atoms with Gasteiger partial charge in [-0.3, -0.25) is 9.59 Å². The van der Waals surface area contributed by atoms with Crippen molar-refractivity contribution in [3.8, 4) is 0 Å². The fourth-order valence-electron chi connectivity index (χ4n) is 2.39. The van der Waals surface area contributed by atoms with Crippen LogP contribution in [0.3, 0.4) is 0 Å². The number of carboxylic acid groups (broad SMARTS) is 1. The standard InChI is InChI=1S/C12H22N2O3/c1-8-5-6-13-9(7-10(15)16)11(17)14(8)12(2,3)4/h8-9,13H,5-7H2,1-4H3,(H,15,16). The average Bonchev–Trinajstić information content (AvgIpc) is 2.24. The molecule has 1 saturated heterocycles. The summed E-state index contributed by atoms with van der Waals surface area (Å²) in [5.74, 6) is -1.05.